The number of methoxy groups -OCH3 is 1. The fraction of sp³-hybridized carbons (Fsp3) is 0.0625. The normalized spacial score (nSPS) is 12.1. The lowest BCUT2D eigenvalue weighted by Crippen LogP contribution is -2.23. The van der Waals surface area contributed by atoms with E-state index in [0.717, 1.165) is 16.2 Å². The number of hydrogen-bond acceptors (Lipinski definition) is 6. The van der Waals surface area contributed by atoms with Crippen molar-refractivity contribution >= 4 is 33.7 Å². The van der Waals surface area contributed by atoms with Crippen molar-refractivity contribution in [3.05, 3.63) is 62.2 Å². The van der Waals surface area contributed by atoms with Crippen molar-refractivity contribution in [2.45, 2.75) is 0 Å². The smallest absolute Gasteiger partial charge is 0.291 e. The van der Waals surface area contributed by atoms with Gasteiger partial charge in [0.25, 0.3) is 5.56 Å². The highest BCUT2D eigenvalue weighted by Gasteiger charge is 2.12. The van der Waals surface area contributed by atoms with E-state index in [9.17, 15) is 4.79 Å². The van der Waals surface area contributed by atoms with Crippen LogP contribution in [0, 0.1) is 0 Å². The number of thiophene rings is 1. The van der Waals surface area contributed by atoms with Crippen LogP contribution >= 0.6 is 22.7 Å². The molecule has 23 heavy (non-hydrogen) atoms. The van der Waals surface area contributed by atoms with Crippen LogP contribution in [-0.4, -0.2) is 21.7 Å². The third-order valence-electron chi connectivity index (χ3n) is 3.34. The Labute approximate surface area is 139 Å². The highest BCUT2D eigenvalue weighted by atomic mass is 32.1. The minimum absolute atomic E-state index is 0.142. The summed E-state index contributed by atoms with van der Waals surface area (Å²) in [5.74, 6) is 1.38. The lowest BCUT2D eigenvalue weighted by atomic mass is 10.2. The van der Waals surface area contributed by atoms with Gasteiger partial charge in [0.05, 0.1) is 16.5 Å². The van der Waals surface area contributed by atoms with Gasteiger partial charge in [0.15, 0.2) is 5.82 Å². The topological polar surface area (TPSA) is 56.5 Å². The average Bonchev–Trinajstić information content (AvgIpc) is 3.27. The molecule has 114 valence electrons. The van der Waals surface area contributed by atoms with E-state index < -0.39 is 0 Å². The monoisotopic (exact) mass is 341 g/mol. The molecule has 0 radical (unpaired) electrons. The SMILES string of the molecule is COc1ccc(/C=c2/sc3nc(-c4cccs4)nn3c2=O)cc1. The van der Waals surface area contributed by atoms with E-state index in [1.54, 1.807) is 18.4 Å². The number of thiazole rings is 1. The minimum Gasteiger partial charge on any atom is -0.497 e. The van der Waals surface area contributed by atoms with Crippen LogP contribution in [0.4, 0.5) is 0 Å². The summed E-state index contributed by atoms with van der Waals surface area (Å²) in [5.41, 5.74) is 0.794. The molecule has 3 heterocycles. The fourth-order valence-corrected chi connectivity index (χ4v) is 3.76. The number of fused-ring (bicyclic) bond motifs is 1. The molecule has 0 spiro atoms. The molecule has 0 saturated carbocycles. The molecule has 0 aliphatic carbocycles. The molecule has 0 atom stereocenters. The number of nitrogens with zero attached hydrogens (tertiary/aromatic N) is 3. The number of aromatic nitrogens is 3. The minimum atomic E-state index is -0.142. The van der Waals surface area contributed by atoms with E-state index in [1.807, 2.05) is 47.9 Å². The van der Waals surface area contributed by atoms with Crippen LogP contribution in [0.1, 0.15) is 5.56 Å². The van der Waals surface area contributed by atoms with Gasteiger partial charge in [0, 0.05) is 0 Å². The van der Waals surface area contributed by atoms with Gasteiger partial charge in [-0.3, -0.25) is 4.79 Å². The van der Waals surface area contributed by atoms with Crippen molar-refractivity contribution in [2.24, 2.45) is 0 Å². The molecule has 0 bridgehead atoms. The molecule has 4 aromatic rings. The van der Waals surface area contributed by atoms with Crippen molar-refractivity contribution in [1.29, 1.82) is 0 Å². The van der Waals surface area contributed by atoms with Crippen LogP contribution in [0.25, 0.3) is 21.7 Å². The summed E-state index contributed by atoms with van der Waals surface area (Å²) in [6.07, 6.45) is 1.84. The molecule has 3 aromatic heterocycles. The van der Waals surface area contributed by atoms with E-state index >= 15 is 0 Å². The Morgan fingerprint density at radius 3 is 2.70 bits per heavy atom. The molecule has 0 aliphatic heterocycles. The molecule has 0 fully saturated rings. The van der Waals surface area contributed by atoms with Crippen LogP contribution in [0.3, 0.4) is 0 Å². The van der Waals surface area contributed by atoms with Gasteiger partial charge >= 0.3 is 0 Å². The Hall–Kier alpha value is -2.51. The number of hydrogen-bond donors (Lipinski definition) is 0. The molecule has 0 saturated heterocycles. The Morgan fingerprint density at radius 1 is 1.22 bits per heavy atom. The summed E-state index contributed by atoms with van der Waals surface area (Å²) in [6, 6.07) is 11.4. The molecule has 4 rings (SSSR count). The molecule has 7 heteroatoms. The van der Waals surface area contributed by atoms with Crippen LogP contribution in [0.15, 0.2) is 46.6 Å². The highest BCUT2D eigenvalue weighted by Crippen LogP contribution is 2.21. The zero-order valence-electron chi connectivity index (χ0n) is 12.1. The molecule has 0 unspecified atom stereocenters. The molecule has 0 aliphatic rings. The van der Waals surface area contributed by atoms with Gasteiger partial charge in [0.2, 0.25) is 4.96 Å². The molecule has 5 nitrogen and oxygen atoms in total. The maximum Gasteiger partial charge on any atom is 0.291 e. The van der Waals surface area contributed by atoms with Gasteiger partial charge in [-0.05, 0) is 35.2 Å². The number of benzene rings is 1. The number of rotatable bonds is 3. The summed E-state index contributed by atoms with van der Waals surface area (Å²) in [6.45, 7) is 0. The van der Waals surface area contributed by atoms with Gasteiger partial charge in [-0.1, -0.05) is 29.5 Å². The summed E-state index contributed by atoms with van der Waals surface area (Å²) in [5, 5.41) is 6.28. The predicted molar refractivity (Wildman–Crippen MR) is 92.2 cm³/mol. The van der Waals surface area contributed by atoms with Crippen molar-refractivity contribution in [2.75, 3.05) is 7.11 Å². The second-order valence-corrected chi connectivity index (χ2v) is 6.75. The average molecular weight is 341 g/mol. The maximum atomic E-state index is 12.5. The van der Waals surface area contributed by atoms with Crippen molar-refractivity contribution in [3.8, 4) is 16.5 Å². The second-order valence-electron chi connectivity index (χ2n) is 4.80. The summed E-state index contributed by atoms with van der Waals surface area (Å²) in [7, 11) is 1.62. The first-order valence-corrected chi connectivity index (χ1v) is 8.53. The van der Waals surface area contributed by atoms with Gasteiger partial charge in [-0.25, -0.2) is 0 Å². The standard InChI is InChI=1S/C16H11N3O2S2/c1-21-11-6-4-10(5-7-11)9-13-15(20)19-16(23-13)17-14(18-19)12-3-2-8-22-12/h2-9H,1H3/b13-9+. The number of ether oxygens (including phenoxy) is 1. The zero-order valence-corrected chi connectivity index (χ0v) is 13.7. The van der Waals surface area contributed by atoms with Gasteiger partial charge in [-0.2, -0.15) is 9.50 Å². The summed E-state index contributed by atoms with van der Waals surface area (Å²) in [4.78, 5) is 18.5. The molecule has 0 N–H and O–H groups in total. The fourth-order valence-electron chi connectivity index (χ4n) is 2.20. The van der Waals surface area contributed by atoms with E-state index in [0.29, 0.717) is 15.3 Å². The van der Waals surface area contributed by atoms with E-state index in [2.05, 4.69) is 10.1 Å². The van der Waals surface area contributed by atoms with Crippen molar-refractivity contribution in [3.63, 3.8) is 0 Å². The Morgan fingerprint density at radius 2 is 2.04 bits per heavy atom. The van der Waals surface area contributed by atoms with E-state index in [4.69, 9.17) is 4.74 Å². The van der Waals surface area contributed by atoms with Crippen LogP contribution in [0.2, 0.25) is 0 Å². The first kappa shape index (κ1) is 14.1. The van der Waals surface area contributed by atoms with Crippen LogP contribution < -0.4 is 14.8 Å². The molecule has 1 aromatic carbocycles. The third kappa shape index (κ3) is 2.54. The molecular formula is C16H11N3O2S2. The molecule has 0 amide bonds. The predicted octanol–water partition coefficient (Wildman–Crippen LogP) is 2.44. The van der Waals surface area contributed by atoms with Crippen molar-refractivity contribution < 1.29 is 4.74 Å². The summed E-state index contributed by atoms with van der Waals surface area (Å²) < 4.78 is 7.12. The second kappa shape index (κ2) is 5.60. The Kier molecular flexibility index (Phi) is 3.44. The van der Waals surface area contributed by atoms with E-state index in [-0.39, 0.29) is 5.56 Å². The van der Waals surface area contributed by atoms with Gasteiger partial charge in [0.1, 0.15) is 5.75 Å². The molecular weight excluding hydrogens is 330 g/mol. The highest BCUT2D eigenvalue weighted by molar-refractivity contribution is 7.15. The lowest BCUT2D eigenvalue weighted by Gasteiger charge is -1.98. The largest absolute Gasteiger partial charge is 0.497 e. The lowest BCUT2D eigenvalue weighted by molar-refractivity contribution is 0.415. The maximum absolute atomic E-state index is 12.5. The quantitative estimate of drug-likeness (QED) is 0.574. The van der Waals surface area contributed by atoms with E-state index in [1.165, 1.54) is 15.9 Å². The third-order valence-corrected chi connectivity index (χ3v) is 5.16. The zero-order chi connectivity index (χ0) is 15.8. The summed E-state index contributed by atoms with van der Waals surface area (Å²) >= 11 is 2.90. The van der Waals surface area contributed by atoms with Crippen LogP contribution in [0.5, 0.6) is 5.75 Å². The van der Waals surface area contributed by atoms with Crippen molar-refractivity contribution in [1.82, 2.24) is 14.6 Å². The Balaban J connectivity index is 1.79. The first-order valence-electron chi connectivity index (χ1n) is 6.84. The van der Waals surface area contributed by atoms with Crippen LogP contribution in [-0.2, 0) is 0 Å². The van der Waals surface area contributed by atoms with Gasteiger partial charge < -0.3 is 4.74 Å². The van der Waals surface area contributed by atoms with Gasteiger partial charge in [-0.15, -0.1) is 16.4 Å². The first-order chi connectivity index (χ1) is 11.2. The Bertz CT molecular complexity index is 1060.